The molecule has 0 bridgehead atoms. The molecule has 116 valence electrons. The lowest BCUT2D eigenvalue weighted by Crippen LogP contribution is -2.33. The van der Waals surface area contributed by atoms with Gasteiger partial charge in [-0.15, -0.1) is 0 Å². The summed E-state index contributed by atoms with van der Waals surface area (Å²) in [6.45, 7) is 5.69. The normalized spacial score (nSPS) is 14.8. The zero-order valence-corrected chi connectivity index (χ0v) is 13.1. The van der Waals surface area contributed by atoms with Crippen LogP contribution in [0.4, 0.5) is 4.39 Å². The van der Waals surface area contributed by atoms with Crippen molar-refractivity contribution in [3.63, 3.8) is 0 Å². The monoisotopic (exact) mass is 293 g/mol. The summed E-state index contributed by atoms with van der Waals surface area (Å²) in [5, 5.41) is 0. The fraction of sp³-hybridized carbons (Fsp3) is 0.588. The summed E-state index contributed by atoms with van der Waals surface area (Å²) in [4.78, 5) is 14.6. The molecule has 4 heteroatoms. The highest BCUT2D eigenvalue weighted by molar-refractivity contribution is 5.97. The third-order valence-electron chi connectivity index (χ3n) is 3.88. The van der Waals surface area contributed by atoms with Crippen LogP contribution in [-0.2, 0) is 0 Å². The minimum absolute atomic E-state index is 0.0211. The third-order valence-corrected chi connectivity index (χ3v) is 3.88. The number of halogens is 1. The molecule has 0 unspecified atom stereocenters. The average Bonchev–Trinajstić information content (AvgIpc) is 3.27. The lowest BCUT2D eigenvalue weighted by Gasteiger charge is -2.22. The molecule has 0 aromatic heterocycles. The van der Waals surface area contributed by atoms with Gasteiger partial charge in [0.15, 0.2) is 17.3 Å². The molecule has 1 aromatic carbocycles. The summed E-state index contributed by atoms with van der Waals surface area (Å²) >= 11 is 0. The second-order valence-corrected chi connectivity index (χ2v) is 6.16. The Hall–Kier alpha value is -1.42. The largest absolute Gasteiger partial charge is 0.494 e. The summed E-state index contributed by atoms with van der Waals surface area (Å²) in [5.74, 6) is 0.293. The van der Waals surface area contributed by atoms with E-state index in [9.17, 15) is 9.18 Å². The van der Waals surface area contributed by atoms with E-state index in [0.717, 1.165) is 13.0 Å². The van der Waals surface area contributed by atoms with Gasteiger partial charge in [0.05, 0.1) is 13.7 Å². The van der Waals surface area contributed by atoms with Crippen LogP contribution >= 0.6 is 0 Å². The highest BCUT2D eigenvalue weighted by Crippen LogP contribution is 2.28. The fourth-order valence-corrected chi connectivity index (χ4v) is 2.37. The standard InChI is InChI=1S/C17H24FNO2/c1-12(2)8-9-19(14-5-6-14)11-16(20)13-4-7-17(21-3)15(18)10-13/h4,7,10,12,14H,5-6,8-9,11H2,1-3H3. The van der Waals surface area contributed by atoms with Crippen LogP contribution in [0, 0.1) is 11.7 Å². The van der Waals surface area contributed by atoms with Crippen molar-refractivity contribution in [1.29, 1.82) is 0 Å². The van der Waals surface area contributed by atoms with Gasteiger partial charge in [0.1, 0.15) is 0 Å². The molecule has 0 atom stereocenters. The first-order valence-electron chi connectivity index (χ1n) is 7.62. The zero-order chi connectivity index (χ0) is 15.4. The molecule has 0 radical (unpaired) electrons. The van der Waals surface area contributed by atoms with Crippen molar-refractivity contribution in [2.75, 3.05) is 20.2 Å². The Balaban J connectivity index is 1.99. The number of rotatable bonds is 8. The van der Waals surface area contributed by atoms with Crippen LogP contribution in [0.15, 0.2) is 18.2 Å². The van der Waals surface area contributed by atoms with E-state index in [-0.39, 0.29) is 11.5 Å². The fourth-order valence-electron chi connectivity index (χ4n) is 2.37. The lowest BCUT2D eigenvalue weighted by molar-refractivity contribution is 0.0920. The minimum Gasteiger partial charge on any atom is -0.494 e. The highest BCUT2D eigenvalue weighted by atomic mass is 19.1. The van der Waals surface area contributed by atoms with Gasteiger partial charge in [-0.25, -0.2) is 4.39 Å². The molecule has 1 fully saturated rings. The van der Waals surface area contributed by atoms with Crippen molar-refractivity contribution < 1.29 is 13.9 Å². The Morgan fingerprint density at radius 2 is 2.14 bits per heavy atom. The highest BCUT2D eigenvalue weighted by Gasteiger charge is 2.30. The SMILES string of the molecule is COc1ccc(C(=O)CN(CCC(C)C)C2CC2)cc1F. The van der Waals surface area contributed by atoms with Crippen LogP contribution in [0.3, 0.4) is 0 Å². The molecule has 0 spiro atoms. The summed E-state index contributed by atoms with van der Waals surface area (Å²) in [6.07, 6.45) is 3.42. The van der Waals surface area contributed by atoms with Crippen LogP contribution in [0.25, 0.3) is 0 Å². The van der Waals surface area contributed by atoms with Gasteiger partial charge in [-0.05, 0) is 49.9 Å². The van der Waals surface area contributed by atoms with Crippen LogP contribution < -0.4 is 4.74 Å². The number of ketones is 1. The summed E-state index contributed by atoms with van der Waals surface area (Å²) < 4.78 is 18.6. The first-order valence-corrected chi connectivity index (χ1v) is 7.62. The molecular weight excluding hydrogens is 269 g/mol. The van der Waals surface area contributed by atoms with E-state index in [0.29, 0.717) is 24.1 Å². The van der Waals surface area contributed by atoms with Crippen molar-refractivity contribution in [2.24, 2.45) is 5.92 Å². The number of carbonyl (C=O) groups is 1. The molecule has 0 amide bonds. The second-order valence-electron chi connectivity index (χ2n) is 6.16. The maximum absolute atomic E-state index is 13.7. The van der Waals surface area contributed by atoms with Gasteiger partial charge in [0.2, 0.25) is 0 Å². The van der Waals surface area contributed by atoms with Gasteiger partial charge >= 0.3 is 0 Å². The quantitative estimate of drug-likeness (QED) is 0.687. The zero-order valence-electron chi connectivity index (χ0n) is 13.1. The third kappa shape index (κ3) is 4.53. The van der Waals surface area contributed by atoms with Gasteiger partial charge < -0.3 is 4.74 Å². The summed E-state index contributed by atoms with van der Waals surface area (Å²) in [5.41, 5.74) is 0.420. The van der Waals surface area contributed by atoms with Crippen molar-refractivity contribution >= 4 is 5.78 Å². The van der Waals surface area contributed by atoms with E-state index >= 15 is 0 Å². The summed E-state index contributed by atoms with van der Waals surface area (Å²) in [7, 11) is 1.42. The van der Waals surface area contributed by atoms with E-state index in [2.05, 4.69) is 18.7 Å². The van der Waals surface area contributed by atoms with Crippen LogP contribution in [-0.4, -0.2) is 36.9 Å². The topological polar surface area (TPSA) is 29.5 Å². The molecule has 0 heterocycles. The first kappa shape index (κ1) is 16.0. The molecule has 0 saturated heterocycles. The Bertz CT molecular complexity index is 498. The van der Waals surface area contributed by atoms with Crippen molar-refractivity contribution in [3.05, 3.63) is 29.6 Å². The van der Waals surface area contributed by atoms with E-state index in [1.165, 1.54) is 32.1 Å². The number of hydrogen-bond donors (Lipinski definition) is 0. The number of ether oxygens (including phenoxy) is 1. The van der Waals surface area contributed by atoms with Crippen LogP contribution in [0.1, 0.15) is 43.5 Å². The van der Waals surface area contributed by atoms with E-state index in [4.69, 9.17) is 4.74 Å². The Labute approximate surface area is 126 Å². The number of benzene rings is 1. The first-order chi connectivity index (χ1) is 10.0. The van der Waals surface area contributed by atoms with Gasteiger partial charge in [-0.3, -0.25) is 9.69 Å². The minimum atomic E-state index is -0.483. The van der Waals surface area contributed by atoms with Crippen molar-refractivity contribution in [3.8, 4) is 5.75 Å². The molecule has 1 aromatic rings. The Kier molecular flexibility index (Phi) is 5.34. The second kappa shape index (κ2) is 7.03. The van der Waals surface area contributed by atoms with Crippen LogP contribution in [0.5, 0.6) is 5.75 Å². The smallest absolute Gasteiger partial charge is 0.176 e. The van der Waals surface area contributed by atoms with E-state index in [1.54, 1.807) is 6.07 Å². The molecule has 0 N–H and O–H groups in total. The van der Waals surface area contributed by atoms with E-state index < -0.39 is 5.82 Å². The van der Waals surface area contributed by atoms with Gasteiger partial charge in [-0.1, -0.05) is 13.8 Å². The van der Waals surface area contributed by atoms with Crippen molar-refractivity contribution in [1.82, 2.24) is 4.90 Å². The van der Waals surface area contributed by atoms with Gasteiger partial charge in [0, 0.05) is 11.6 Å². The number of methoxy groups -OCH3 is 1. The van der Waals surface area contributed by atoms with E-state index in [1.807, 2.05) is 0 Å². The molecule has 1 aliphatic carbocycles. The number of Topliss-reactive ketones (excluding diaryl/α,β-unsaturated/α-hetero) is 1. The molecule has 1 saturated carbocycles. The van der Waals surface area contributed by atoms with Gasteiger partial charge in [0.25, 0.3) is 0 Å². The summed E-state index contributed by atoms with van der Waals surface area (Å²) in [6, 6.07) is 4.96. The van der Waals surface area contributed by atoms with Crippen molar-refractivity contribution in [2.45, 2.75) is 39.2 Å². The predicted molar refractivity (Wildman–Crippen MR) is 81.3 cm³/mol. The average molecular weight is 293 g/mol. The number of hydrogen-bond acceptors (Lipinski definition) is 3. The number of carbonyl (C=O) groups excluding carboxylic acids is 1. The lowest BCUT2D eigenvalue weighted by atomic mass is 10.1. The van der Waals surface area contributed by atoms with Crippen LogP contribution in [0.2, 0.25) is 0 Å². The maximum Gasteiger partial charge on any atom is 0.176 e. The molecule has 1 aliphatic rings. The number of nitrogens with zero attached hydrogens (tertiary/aromatic N) is 1. The molecule has 21 heavy (non-hydrogen) atoms. The Morgan fingerprint density at radius 3 is 2.67 bits per heavy atom. The van der Waals surface area contributed by atoms with Gasteiger partial charge in [-0.2, -0.15) is 0 Å². The predicted octanol–water partition coefficient (Wildman–Crippen LogP) is 3.53. The maximum atomic E-state index is 13.7. The Morgan fingerprint density at radius 1 is 1.43 bits per heavy atom. The molecule has 3 nitrogen and oxygen atoms in total. The molecule has 0 aliphatic heterocycles. The molecular formula is C17H24FNO2. The molecule has 2 rings (SSSR count).